The van der Waals surface area contributed by atoms with Gasteiger partial charge in [-0.1, -0.05) is 29.8 Å². The summed E-state index contributed by atoms with van der Waals surface area (Å²) in [6.07, 6.45) is 1.02. The largest absolute Gasteiger partial charge is 0.490 e. The molecular formula is C36H44ClN3O10S. The van der Waals surface area contributed by atoms with E-state index in [4.69, 9.17) is 26.2 Å². The maximum atomic E-state index is 13.7. The fourth-order valence-corrected chi connectivity index (χ4v) is 8.03. The standard InChI is InChI=1S/C36H44ClN3O10S/c37-29-8-7-25(51(47,48)40-15-10-22(11-16-40)35(46)39-19-30(42)33(44)34(45)31(43)20-41)17-23(29)21-49-36(12-13-36)28-18-38-14-9-26(28)27-3-1-2-4-32(27)50-24-5-6-24/h1-4,7-9,14,17-18,22,24,30-31,33-34,41-45H,5-6,10-13,15-16,19-21H2,(H,39,46). The summed E-state index contributed by atoms with van der Waals surface area (Å²) in [7, 11) is -3.93. The molecule has 3 aliphatic rings. The Hall–Kier alpha value is -3.18. The Morgan fingerprint density at radius 1 is 0.980 bits per heavy atom. The summed E-state index contributed by atoms with van der Waals surface area (Å²) >= 11 is 6.56. The third kappa shape index (κ3) is 8.56. The molecule has 3 aromatic rings. The number of aliphatic hydroxyl groups is 5. The topological polar surface area (TPSA) is 199 Å². The SMILES string of the molecule is O=C(NCC(O)C(O)C(O)C(O)CO)C1CCN(S(=O)(=O)c2ccc(Cl)c(COC3(c4cnccc4-c4ccccc4OC4CC4)CC3)c2)CC1. The number of piperidine rings is 1. The lowest BCUT2D eigenvalue weighted by Gasteiger charge is -2.31. The number of pyridine rings is 1. The van der Waals surface area contributed by atoms with Crippen molar-refractivity contribution >= 4 is 27.5 Å². The minimum Gasteiger partial charge on any atom is -0.490 e. The Bertz CT molecular complexity index is 1800. The number of amides is 1. The summed E-state index contributed by atoms with van der Waals surface area (Å²) in [6, 6.07) is 14.4. The molecule has 6 rings (SSSR count). The lowest BCUT2D eigenvalue weighted by molar-refractivity contribution is -0.130. The fourth-order valence-electron chi connectivity index (χ4n) is 6.33. The smallest absolute Gasteiger partial charge is 0.243 e. The number of nitrogens with zero attached hydrogens (tertiary/aromatic N) is 2. The van der Waals surface area contributed by atoms with Crippen molar-refractivity contribution in [2.75, 3.05) is 26.2 Å². The number of ether oxygens (including phenoxy) is 2. The minimum atomic E-state index is -3.93. The van der Waals surface area contributed by atoms with E-state index >= 15 is 0 Å². The van der Waals surface area contributed by atoms with E-state index in [0.717, 1.165) is 48.1 Å². The molecule has 4 unspecified atom stereocenters. The van der Waals surface area contributed by atoms with Crippen LogP contribution in [0.2, 0.25) is 5.02 Å². The lowest BCUT2D eigenvalue weighted by Crippen LogP contribution is -2.50. The average molecular weight is 746 g/mol. The molecule has 15 heteroatoms. The van der Waals surface area contributed by atoms with Crippen LogP contribution in [0.1, 0.15) is 49.7 Å². The van der Waals surface area contributed by atoms with E-state index in [1.165, 1.54) is 16.4 Å². The first-order chi connectivity index (χ1) is 24.4. The molecule has 2 saturated carbocycles. The van der Waals surface area contributed by atoms with Crippen molar-refractivity contribution in [2.45, 2.75) is 86.1 Å². The third-order valence-electron chi connectivity index (χ3n) is 9.81. The maximum Gasteiger partial charge on any atom is 0.243 e. The number of nitrogens with one attached hydrogen (secondary N) is 1. The molecule has 1 aliphatic heterocycles. The zero-order valence-corrected chi connectivity index (χ0v) is 29.5. The zero-order chi connectivity index (χ0) is 36.3. The summed E-state index contributed by atoms with van der Waals surface area (Å²) < 4.78 is 41.5. The van der Waals surface area contributed by atoms with Gasteiger partial charge in [0.1, 0.15) is 24.1 Å². The molecule has 3 fully saturated rings. The molecule has 1 saturated heterocycles. The number of carbonyl (C=O) groups is 1. The summed E-state index contributed by atoms with van der Waals surface area (Å²) in [5, 5.41) is 51.2. The number of aliphatic hydroxyl groups excluding tert-OH is 5. The van der Waals surface area contributed by atoms with E-state index in [9.17, 15) is 33.6 Å². The van der Waals surface area contributed by atoms with Gasteiger partial charge in [-0.15, -0.1) is 0 Å². The molecule has 6 N–H and O–H groups in total. The second-order valence-corrected chi connectivity index (χ2v) is 15.8. The molecule has 1 aromatic heterocycles. The van der Waals surface area contributed by atoms with Crippen LogP contribution in [0.3, 0.4) is 0 Å². The second-order valence-electron chi connectivity index (χ2n) is 13.5. The van der Waals surface area contributed by atoms with Crippen LogP contribution in [-0.2, 0) is 31.8 Å². The summed E-state index contributed by atoms with van der Waals surface area (Å²) in [4.78, 5) is 17.2. The van der Waals surface area contributed by atoms with Gasteiger partial charge in [0.25, 0.3) is 0 Å². The van der Waals surface area contributed by atoms with E-state index in [1.54, 1.807) is 12.3 Å². The normalized spacial score (nSPS) is 20.3. The van der Waals surface area contributed by atoms with Crippen LogP contribution in [0, 0.1) is 5.92 Å². The molecule has 2 heterocycles. The Morgan fingerprint density at radius 3 is 2.37 bits per heavy atom. The van der Waals surface area contributed by atoms with Crippen LogP contribution >= 0.6 is 11.6 Å². The van der Waals surface area contributed by atoms with Gasteiger partial charge in [-0.3, -0.25) is 9.78 Å². The number of hydrogen-bond donors (Lipinski definition) is 6. The number of sulfonamides is 1. The lowest BCUT2D eigenvalue weighted by atomic mass is 9.96. The van der Waals surface area contributed by atoms with Crippen molar-refractivity contribution in [1.29, 1.82) is 0 Å². The Labute approximate surface area is 301 Å². The van der Waals surface area contributed by atoms with Gasteiger partial charge in [0.05, 0.1) is 35.9 Å². The van der Waals surface area contributed by atoms with Crippen molar-refractivity contribution < 1.29 is 48.2 Å². The zero-order valence-electron chi connectivity index (χ0n) is 28.0. The first-order valence-electron chi connectivity index (χ1n) is 17.2. The van der Waals surface area contributed by atoms with Gasteiger partial charge >= 0.3 is 0 Å². The van der Waals surface area contributed by atoms with Crippen LogP contribution in [0.4, 0.5) is 0 Å². The molecule has 0 radical (unpaired) electrons. The summed E-state index contributed by atoms with van der Waals surface area (Å²) in [5.74, 6) is -0.159. The molecule has 51 heavy (non-hydrogen) atoms. The number of hydrogen-bond acceptors (Lipinski definition) is 11. The van der Waals surface area contributed by atoms with Crippen LogP contribution in [-0.4, -0.2) is 106 Å². The molecule has 2 aromatic carbocycles. The predicted molar refractivity (Wildman–Crippen MR) is 186 cm³/mol. The highest BCUT2D eigenvalue weighted by atomic mass is 35.5. The van der Waals surface area contributed by atoms with Crippen molar-refractivity contribution in [3.63, 3.8) is 0 Å². The fraction of sp³-hybridized carbons (Fsp3) is 0.500. The van der Waals surface area contributed by atoms with Crippen LogP contribution in [0.25, 0.3) is 11.1 Å². The minimum absolute atomic E-state index is 0.0622. The third-order valence-corrected chi connectivity index (χ3v) is 12.1. The molecule has 13 nitrogen and oxygen atoms in total. The quantitative estimate of drug-likeness (QED) is 0.126. The van der Waals surface area contributed by atoms with Crippen molar-refractivity contribution in [3.8, 4) is 16.9 Å². The van der Waals surface area contributed by atoms with E-state index < -0.39 is 65.0 Å². The van der Waals surface area contributed by atoms with Crippen LogP contribution in [0.15, 0.2) is 65.8 Å². The number of para-hydroxylation sites is 1. The van der Waals surface area contributed by atoms with Gasteiger partial charge < -0.3 is 40.3 Å². The first-order valence-corrected chi connectivity index (χ1v) is 19.0. The molecule has 1 amide bonds. The highest BCUT2D eigenvalue weighted by molar-refractivity contribution is 7.89. The predicted octanol–water partition coefficient (Wildman–Crippen LogP) is 2.10. The second kappa shape index (κ2) is 15.8. The number of benzene rings is 2. The number of carbonyl (C=O) groups excluding carboxylic acids is 1. The number of halogens is 1. The van der Waals surface area contributed by atoms with Gasteiger partial charge in [-0.25, -0.2) is 8.42 Å². The van der Waals surface area contributed by atoms with Crippen LogP contribution in [0.5, 0.6) is 5.75 Å². The van der Waals surface area contributed by atoms with Crippen molar-refractivity contribution in [2.24, 2.45) is 5.92 Å². The molecule has 2 aliphatic carbocycles. The van der Waals surface area contributed by atoms with Crippen LogP contribution < -0.4 is 10.1 Å². The Morgan fingerprint density at radius 2 is 1.69 bits per heavy atom. The van der Waals surface area contributed by atoms with Crippen molar-refractivity contribution in [1.82, 2.24) is 14.6 Å². The van der Waals surface area contributed by atoms with Gasteiger partial charge in [-0.2, -0.15) is 4.31 Å². The first kappa shape index (κ1) is 37.6. The van der Waals surface area contributed by atoms with E-state index in [2.05, 4.69) is 10.3 Å². The molecule has 276 valence electrons. The monoisotopic (exact) mass is 745 g/mol. The summed E-state index contributed by atoms with van der Waals surface area (Å²) in [5.41, 5.74) is 2.80. The van der Waals surface area contributed by atoms with Gasteiger partial charge in [0.2, 0.25) is 15.9 Å². The molecule has 0 bridgehead atoms. The maximum absolute atomic E-state index is 13.7. The molecule has 0 spiro atoms. The highest BCUT2D eigenvalue weighted by Crippen LogP contribution is 2.53. The van der Waals surface area contributed by atoms with Gasteiger partial charge in [-0.05, 0) is 80.0 Å². The Balaban J connectivity index is 1.07. The van der Waals surface area contributed by atoms with E-state index in [1.807, 2.05) is 36.5 Å². The van der Waals surface area contributed by atoms with E-state index in [-0.39, 0.29) is 43.5 Å². The number of aromatic nitrogens is 1. The van der Waals surface area contributed by atoms with Gasteiger partial charge in [0.15, 0.2) is 0 Å². The average Bonchev–Trinajstić information content (AvgIpc) is 4.10. The van der Waals surface area contributed by atoms with E-state index in [0.29, 0.717) is 10.6 Å². The van der Waals surface area contributed by atoms with Gasteiger partial charge in [0, 0.05) is 54.1 Å². The Kier molecular flexibility index (Phi) is 11.7. The highest BCUT2D eigenvalue weighted by Gasteiger charge is 2.48. The number of rotatable bonds is 16. The summed E-state index contributed by atoms with van der Waals surface area (Å²) in [6.45, 7) is -0.977. The molecular weight excluding hydrogens is 702 g/mol. The molecule has 4 atom stereocenters. The van der Waals surface area contributed by atoms with Crippen molar-refractivity contribution in [3.05, 3.63) is 77.1 Å².